The van der Waals surface area contributed by atoms with E-state index in [4.69, 9.17) is 124 Å². The molecule has 0 atom stereocenters. The molecule has 762 valence electrons. The molecule has 141 heavy (non-hydrogen) atoms. The Balaban J connectivity index is 0.000000208. The Morgan fingerprint density at radius 3 is 1.12 bits per heavy atom. The fraction of sp³-hybridized carbons (Fsp3) is 0.485. The van der Waals surface area contributed by atoms with E-state index in [0.29, 0.717) is 118 Å². The van der Waals surface area contributed by atoms with E-state index < -0.39 is 14.1 Å². The van der Waals surface area contributed by atoms with Crippen molar-refractivity contribution in [3.05, 3.63) is 177 Å². The van der Waals surface area contributed by atoms with E-state index in [2.05, 4.69) is 196 Å². The highest BCUT2D eigenvalue weighted by Crippen LogP contribution is 2.46. The molecule has 16 rings (SSSR count). The average Bonchev–Trinajstić information content (AvgIpc) is 1.62. The van der Waals surface area contributed by atoms with Crippen LogP contribution in [0.1, 0.15) is 188 Å². The number of piperazine rings is 3. The van der Waals surface area contributed by atoms with Crippen LogP contribution in [0.3, 0.4) is 0 Å². The zero-order valence-electron chi connectivity index (χ0n) is 83.5. The van der Waals surface area contributed by atoms with Crippen LogP contribution >= 0.6 is 149 Å². The third kappa shape index (κ3) is 30.6. The van der Waals surface area contributed by atoms with Crippen molar-refractivity contribution in [3.8, 4) is 68.5 Å². The number of nitrogens with zero attached hydrogens (tertiary/aromatic N) is 20. The maximum atomic E-state index is 11.7. The number of carbonyl (C=O) groups is 1. The molecule has 0 bridgehead atoms. The Kier molecular flexibility index (Phi) is 46.8. The van der Waals surface area contributed by atoms with Crippen molar-refractivity contribution >= 4 is 209 Å². The summed E-state index contributed by atoms with van der Waals surface area (Å²) in [6.07, 6.45) is 11.1. The maximum Gasteiger partial charge on any atom is 0.248 e. The Morgan fingerprint density at radius 2 is 0.844 bits per heavy atom. The molecule has 0 radical (unpaired) electrons. The van der Waals surface area contributed by atoms with Crippen LogP contribution in [-0.2, 0) is 19.6 Å². The van der Waals surface area contributed by atoms with Crippen LogP contribution in [0.25, 0.3) is 86.3 Å². The Bertz CT molecular complexity index is 6170. The van der Waals surface area contributed by atoms with E-state index >= 15 is 0 Å². The van der Waals surface area contributed by atoms with Crippen molar-refractivity contribution in [2.24, 2.45) is 10.5 Å². The first-order valence-corrected chi connectivity index (χ1v) is 59.6. The number of H-pyrrole nitrogens is 1. The minimum Gasteiger partial charge on any atom is -1.00 e. The lowest BCUT2D eigenvalue weighted by atomic mass is 10.00. The van der Waals surface area contributed by atoms with Gasteiger partial charge in [0.15, 0.2) is 15.4 Å². The summed E-state index contributed by atoms with van der Waals surface area (Å²) in [5.74, 6) is 4.98. The molecule has 3 saturated heterocycles. The molecule has 1 amide bonds. The minimum absolute atomic E-state index is 0. The number of rotatable bonds is 33. The van der Waals surface area contributed by atoms with Gasteiger partial charge in [-0.2, -0.15) is 10.5 Å². The number of nitriles is 1. The molecule has 29 nitrogen and oxygen atoms in total. The number of ether oxygens (including phenoxy) is 3. The molecule has 3 aliphatic rings. The van der Waals surface area contributed by atoms with Gasteiger partial charge in [-0.25, -0.2) is 15.0 Å². The highest BCUT2D eigenvalue weighted by Gasteiger charge is 2.34. The molecule has 3 N–H and O–H groups in total. The number of alkyl halides is 2. The number of thiazole rings is 3. The number of hydrogen-bond donors (Lipinski definition) is 2. The molecule has 7 aromatic heterocycles. The Labute approximate surface area is 897 Å². The quantitative estimate of drug-likeness (QED) is 0.00734. The zero-order chi connectivity index (χ0) is 102. The topological polar surface area (TPSA) is 334 Å². The number of methoxy groups -OCH3 is 3. The molecule has 0 aliphatic carbocycles. The molecule has 13 aromatic rings. The van der Waals surface area contributed by atoms with Gasteiger partial charge in [-0.05, 0) is 118 Å². The van der Waals surface area contributed by atoms with Gasteiger partial charge in [-0.1, -0.05) is 297 Å². The number of nitrogens with two attached hydrogens (primary N) is 1. The number of hydrogen-bond acceptors (Lipinski definition) is 27. The lowest BCUT2D eigenvalue weighted by molar-refractivity contribution is -0.929. The second-order valence-electron chi connectivity index (χ2n) is 36.0. The predicted octanol–water partition coefficient (Wildman–Crippen LogP) is 24.5. The number of aromatic amines is 1. The molecule has 3 fully saturated rings. The number of amides is 1. The summed E-state index contributed by atoms with van der Waals surface area (Å²) in [6.45, 7) is 45.7. The van der Waals surface area contributed by atoms with E-state index in [1.54, 1.807) is 62.2 Å². The number of fused-ring (bicyclic) bond motifs is 3. The number of nitrogens with one attached hydrogen (secondary N) is 1. The second kappa shape index (κ2) is 56.6. The molecule has 42 heteroatoms. The first-order valence-electron chi connectivity index (χ1n) is 47.2. The average molecular weight is 2350 g/mol. The molecular weight excluding hydrogens is 2220 g/mol. The van der Waals surface area contributed by atoms with Gasteiger partial charge >= 0.3 is 0 Å². The van der Waals surface area contributed by atoms with Crippen molar-refractivity contribution in [3.63, 3.8) is 0 Å². The summed E-state index contributed by atoms with van der Waals surface area (Å²) in [5, 5.41) is 43.0. The summed E-state index contributed by atoms with van der Waals surface area (Å²) in [7, 11) is 3.37. The van der Waals surface area contributed by atoms with Crippen LogP contribution in [0.5, 0.6) is 17.2 Å². The fourth-order valence-corrected chi connectivity index (χ4v) is 22.0. The summed E-state index contributed by atoms with van der Waals surface area (Å²) >= 11 is 48.2. The minimum atomic E-state index is -1.45. The number of benzene rings is 6. The summed E-state index contributed by atoms with van der Waals surface area (Å²) in [5.41, 5.74) is 24.9. The molecular formula is C99H129Cl6FI2N22O7S3Si. The molecule has 6 aromatic carbocycles. The van der Waals surface area contributed by atoms with Gasteiger partial charge in [0.1, 0.15) is 76.4 Å². The normalized spacial score (nSPS) is 13.6. The Morgan fingerprint density at radius 1 is 0.525 bits per heavy atom. The van der Waals surface area contributed by atoms with Crippen molar-refractivity contribution in [1.82, 2.24) is 65.7 Å². The van der Waals surface area contributed by atoms with Gasteiger partial charge in [-0.3, -0.25) is 19.5 Å². The highest BCUT2D eigenvalue weighted by atomic mass is 127. The van der Waals surface area contributed by atoms with Crippen LogP contribution < -0.4 is 39.3 Å². The van der Waals surface area contributed by atoms with Crippen LogP contribution in [-0.4, -0.2) is 220 Å². The van der Waals surface area contributed by atoms with Crippen molar-refractivity contribution in [2.75, 3.05) is 151 Å². The van der Waals surface area contributed by atoms with Crippen molar-refractivity contribution in [2.45, 2.75) is 178 Å². The third-order valence-corrected chi connectivity index (χ3v) is 29.8. The second-order valence-corrected chi connectivity index (χ2v) is 46.0. The monoisotopic (exact) mass is 2340 g/mol. The summed E-state index contributed by atoms with van der Waals surface area (Å²) < 4.78 is 41.8. The number of unbranched alkanes of at least 4 members (excludes halogenated alkanes) is 4. The molecule has 0 spiro atoms. The number of carbonyl (C=O) groups excluding carboxylic acids is 1. The first-order chi connectivity index (χ1) is 67.4. The maximum absolute atomic E-state index is 11.7. The van der Waals surface area contributed by atoms with Gasteiger partial charge in [0, 0.05) is 166 Å². The van der Waals surface area contributed by atoms with E-state index in [0.717, 1.165) is 164 Å². The van der Waals surface area contributed by atoms with Gasteiger partial charge in [0.2, 0.25) is 11.7 Å². The number of quaternary nitrogens is 1. The van der Waals surface area contributed by atoms with E-state index in [9.17, 15) is 10.1 Å². The number of anilines is 3. The largest absolute Gasteiger partial charge is 1.00 e. The van der Waals surface area contributed by atoms with Crippen molar-refractivity contribution in [1.29, 1.82) is 5.26 Å². The van der Waals surface area contributed by atoms with Gasteiger partial charge in [-0.15, -0.1) is 15.0 Å². The number of tetrazole rings is 1. The molecule has 3 aliphatic heterocycles. The van der Waals surface area contributed by atoms with Gasteiger partial charge in [0.05, 0.1) is 103 Å². The third-order valence-electron chi connectivity index (χ3n) is 24.0. The summed E-state index contributed by atoms with van der Waals surface area (Å²) in [6, 6.07) is 29.5. The lowest BCUT2D eigenvalue weighted by Crippen LogP contribution is -3.00. The predicted molar refractivity (Wildman–Crippen MR) is 597 cm³/mol. The number of azide groups is 1. The number of aromatic nitrogens is 10. The van der Waals surface area contributed by atoms with E-state index in [1.165, 1.54) is 93.4 Å². The first kappa shape index (κ1) is 117. The zero-order valence-corrected chi connectivity index (χ0v) is 95.8. The molecule has 0 saturated carbocycles. The molecule has 0 unspecified atom stereocenters. The fourth-order valence-electron chi connectivity index (χ4n) is 16.7. The van der Waals surface area contributed by atoms with Gasteiger partial charge < -0.3 is 57.4 Å². The van der Waals surface area contributed by atoms with E-state index in [-0.39, 0.29) is 22.5 Å². The van der Waals surface area contributed by atoms with E-state index in [1.807, 2.05) is 102 Å². The van der Waals surface area contributed by atoms with Crippen LogP contribution in [0, 0.1) is 11.3 Å². The van der Waals surface area contributed by atoms with Crippen molar-refractivity contribution < 1.29 is 41.8 Å². The smallest absolute Gasteiger partial charge is 0.248 e. The van der Waals surface area contributed by atoms with Crippen LogP contribution in [0.2, 0.25) is 49.8 Å². The lowest BCUT2D eigenvalue weighted by Gasteiger charge is -2.39. The number of primary amides is 1. The van der Waals surface area contributed by atoms with Gasteiger partial charge in [0.25, 0.3) is 0 Å². The standard InChI is InChI=1S/C26H26Cl2N8O2S.C26H27Cl2N5O3S.C26H25Cl2N5O2S.C16H36N.C3H9N3Si.2CH3I.FH/c1-14(2)24-16(22(32-38-24)21-17(27)5-4-6-18(21)28)13-35-7-9-36(10-8-35)26-29-23-19(37-3)11-15(12-20(23)39-26)25-30-33-34-31-25;1-14(2)24-16(22(31-36-24)21-17(27)5-4-6-18(21)28)13-32-7-9-33(10-8-32)26-30-23-19(35-3)11-15(25(29)34)12-20(23)37-26;1-15(2)25-17(23(31-35-25)22-18(27)5-4-6-19(22)28)14-32-7-9-33(10-8-32)26-30-24-20(34-3)11-16(13-29)12-21(24)36-26;1-5-9-13-17(14-10-6-2,15-11-7-3)16-12-8-4;1-7(2,3)6-5-4;2*1-2;/h4-6,11-12,14H,7-10,13H2,1-3H3,(H,30,31,33,34);4-6,11-12,14H,7-10,13H2,1-3H3,(H2,29,34);4-6,11-12,15H,7-10,14H2,1-3H3;5-16H2,1-4H3;1-3H3;2*1H3;1H/q;;;+1;;;;/p-1. The van der Waals surface area contributed by atoms with Crippen LogP contribution in [0.4, 0.5) is 15.4 Å². The van der Waals surface area contributed by atoms with Crippen LogP contribution in [0.15, 0.2) is 109 Å². The SMILES string of the molecule is CCCC[N+](CCCC)(CCCC)CCCC.CI.CI.COc1cc(-c2nn[nH]n2)cc2sc(N3CCN(Cc4c(-c5c(Cl)cccc5Cl)noc4C(C)C)CC3)nc12.COc1cc(C#N)cc2sc(N3CCN(Cc4c(-c5c(Cl)cccc5Cl)noc4C(C)C)CC3)nc12.COc1cc(C(N)=O)cc2sc(N3CCN(Cc4c(-c5c(Cl)cccc5Cl)noc4C(C)C)CC3)nc12.C[Si](C)(C)N=[N+]=[N-].[F-]. The number of halogens is 9. The Hall–Kier alpha value is -8.05. The molecule has 10 heterocycles. The highest BCUT2D eigenvalue weighted by molar-refractivity contribution is 14.1. The summed E-state index contributed by atoms with van der Waals surface area (Å²) in [4.78, 5) is 47.0.